The average molecular weight is 502 g/mol. The normalized spacial score (nSPS) is 14.0. The molecule has 1 saturated heterocycles. The number of carbonyl (C=O) groups is 1. The number of hydrogen-bond acceptors (Lipinski definition) is 9. The Morgan fingerprint density at radius 3 is 2.51 bits per heavy atom. The van der Waals surface area contributed by atoms with Crippen LogP contribution in [0.5, 0.6) is 5.75 Å². The number of anilines is 5. The van der Waals surface area contributed by atoms with Gasteiger partial charge in [-0.3, -0.25) is 0 Å². The van der Waals surface area contributed by atoms with E-state index in [0.717, 1.165) is 48.6 Å². The molecule has 1 fully saturated rings. The maximum atomic E-state index is 12.0. The van der Waals surface area contributed by atoms with E-state index < -0.39 is 5.97 Å². The van der Waals surface area contributed by atoms with Crippen molar-refractivity contribution in [2.75, 3.05) is 63.0 Å². The molecule has 1 aliphatic rings. The molecular weight excluding hydrogens is 470 g/mol. The van der Waals surface area contributed by atoms with Crippen LogP contribution in [0.2, 0.25) is 0 Å². The Hall–Kier alpha value is -4.31. The van der Waals surface area contributed by atoms with Gasteiger partial charge < -0.3 is 34.5 Å². The van der Waals surface area contributed by atoms with E-state index >= 15 is 0 Å². The minimum absolute atomic E-state index is 0.398. The van der Waals surface area contributed by atoms with Gasteiger partial charge in [0.25, 0.3) is 0 Å². The highest BCUT2D eigenvalue weighted by molar-refractivity contribution is 5.93. The number of hydrogen-bond donors (Lipinski definition) is 2. The van der Waals surface area contributed by atoms with Crippen molar-refractivity contribution in [3.05, 3.63) is 60.3 Å². The van der Waals surface area contributed by atoms with Crippen molar-refractivity contribution in [1.82, 2.24) is 19.4 Å². The van der Waals surface area contributed by atoms with Gasteiger partial charge in [-0.05, 0) is 43.4 Å². The summed E-state index contributed by atoms with van der Waals surface area (Å²) in [7, 11) is 7.11. The molecule has 0 amide bonds. The second kappa shape index (κ2) is 10.4. The molecule has 4 aromatic rings. The van der Waals surface area contributed by atoms with Crippen LogP contribution in [-0.2, 0) is 11.8 Å². The Morgan fingerprint density at radius 1 is 0.946 bits per heavy atom. The van der Waals surface area contributed by atoms with E-state index in [9.17, 15) is 4.79 Å². The number of aryl methyl sites for hydroxylation is 1. The smallest absolute Gasteiger partial charge is 0.337 e. The predicted molar refractivity (Wildman–Crippen MR) is 146 cm³/mol. The number of methoxy groups -OCH3 is 2. The Morgan fingerprint density at radius 2 is 1.76 bits per heavy atom. The number of fused-ring (bicyclic) bond motifs is 1. The molecule has 0 spiro atoms. The first-order valence-electron chi connectivity index (χ1n) is 12.1. The van der Waals surface area contributed by atoms with Crippen LogP contribution in [0, 0.1) is 0 Å². The van der Waals surface area contributed by atoms with Gasteiger partial charge in [-0.1, -0.05) is 6.07 Å². The van der Waals surface area contributed by atoms with Gasteiger partial charge in [0.05, 0.1) is 31.0 Å². The summed E-state index contributed by atoms with van der Waals surface area (Å²) in [6.45, 7) is 4.02. The van der Waals surface area contributed by atoms with Gasteiger partial charge in [-0.15, -0.1) is 0 Å². The molecule has 37 heavy (non-hydrogen) atoms. The van der Waals surface area contributed by atoms with E-state index in [2.05, 4.69) is 33.5 Å². The van der Waals surface area contributed by atoms with Crippen molar-refractivity contribution in [3.63, 3.8) is 0 Å². The second-order valence-corrected chi connectivity index (χ2v) is 9.05. The third-order valence-electron chi connectivity index (χ3n) is 6.57. The van der Waals surface area contributed by atoms with Crippen LogP contribution in [0.15, 0.2) is 54.7 Å². The Balaban J connectivity index is 1.45. The van der Waals surface area contributed by atoms with Crippen LogP contribution in [0.1, 0.15) is 10.4 Å². The summed E-state index contributed by atoms with van der Waals surface area (Å²) in [5.74, 6) is 1.35. The number of rotatable bonds is 7. The summed E-state index contributed by atoms with van der Waals surface area (Å²) in [6.07, 6.45) is 1.94. The number of aromatic nitrogens is 3. The summed E-state index contributed by atoms with van der Waals surface area (Å²) in [6, 6.07) is 15.2. The summed E-state index contributed by atoms with van der Waals surface area (Å²) < 4.78 is 12.5. The number of ether oxygens (including phenoxy) is 2. The van der Waals surface area contributed by atoms with Crippen LogP contribution in [0.4, 0.5) is 28.8 Å². The number of nitrogens with zero attached hydrogens (tertiary/aromatic N) is 5. The monoisotopic (exact) mass is 501 g/mol. The third-order valence-corrected chi connectivity index (χ3v) is 6.57. The van der Waals surface area contributed by atoms with E-state index in [4.69, 9.17) is 19.4 Å². The highest BCUT2D eigenvalue weighted by Crippen LogP contribution is 2.33. The zero-order valence-electron chi connectivity index (χ0n) is 21.5. The lowest BCUT2D eigenvalue weighted by molar-refractivity contribution is 0.0601. The largest absolute Gasteiger partial charge is 0.494 e. The summed E-state index contributed by atoms with van der Waals surface area (Å²) in [4.78, 5) is 26.2. The second-order valence-electron chi connectivity index (χ2n) is 9.05. The van der Waals surface area contributed by atoms with Crippen LogP contribution in [0.3, 0.4) is 0 Å². The van der Waals surface area contributed by atoms with Crippen LogP contribution >= 0.6 is 0 Å². The highest BCUT2D eigenvalue weighted by Gasteiger charge is 2.18. The van der Waals surface area contributed by atoms with Crippen molar-refractivity contribution in [2.24, 2.45) is 7.05 Å². The molecule has 0 unspecified atom stereocenters. The van der Waals surface area contributed by atoms with E-state index in [1.54, 1.807) is 25.3 Å². The molecule has 3 heterocycles. The fourth-order valence-electron chi connectivity index (χ4n) is 4.48. The van der Waals surface area contributed by atoms with Gasteiger partial charge in [-0.25, -0.2) is 9.78 Å². The number of esters is 1. The molecule has 5 rings (SSSR count). The van der Waals surface area contributed by atoms with Crippen molar-refractivity contribution in [2.45, 2.75) is 0 Å². The Bertz CT molecular complexity index is 1430. The molecule has 0 radical (unpaired) electrons. The van der Waals surface area contributed by atoms with E-state index in [1.165, 1.54) is 7.11 Å². The molecule has 0 aliphatic carbocycles. The highest BCUT2D eigenvalue weighted by atomic mass is 16.5. The van der Waals surface area contributed by atoms with Crippen molar-refractivity contribution < 1.29 is 14.3 Å². The van der Waals surface area contributed by atoms with Crippen LogP contribution < -0.4 is 20.3 Å². The van der Waals surface area contributed by atoms with Gasteiger partial charge in [0, 0.05) is 56.9 Å². The molecule has 1 aliphatic heterocycles. The number of likely N-dealkylation sites (N-methyl/N-ethyl adjacent to an activating group) is 1. The molecule has 10 heteroatoms. The zero-order valence-corrected chi connectivity index (χ0v) is 21.5. The molecule has 192 valence electrons. The molecule has 2 N–H and O–H groups in total. The topological polar surface area (TPSA) is 96.8 Å². The maximum absolute atomic E-state index is 12.0. The molecule has 2 aromatic carbocycles. The van der Waals surface area contributed by atoms with Crippen molar-refractivity contribution >= 4 is 45.8 Å². The van der Waals surface area contributed by atoms with E-state index in [0.29, 0.717) is 28.8 Å². The number of nitrogens with one attached hydrogen (secondary N) is 2. The first-order chi connectivity index (χ1) is 17.9. The lowest BCUT2D eigenvalue weighted by Gasteiger charge is -2.34. The molecule has 2 aromatic heterocycles. The summed E-state index contributed by atoms with van der Waals surface area (Å²) in [5.41, 5.74) is 4.68. The number of carbonyl (C=O) groups excluding carboxylic acids is 1. The Kier molecular flexibility index (Phi) is 6.82. The first kappa shape index (κ1) is 24.4. The summed E-state index contributed by atoms with van der Waals surface area (Å²) in [5, 5.41) is 6.67. The third kappa shape index (κ3) is 5.14. The quantitative estimate of drug-likeness (QED) is 0.364. The fourth-order valence-corrected chi connectivity index (χ4v) is 4.48. The van der Waals surface area contributed by atoms with Gasteiger partial charge in [0.15, 0.2) is 5.82 Å². The van der Waals surface area contributed by atoms with Crippen molar-refractivity contribution in [3.8, 4) is 5.75 Å². The van der Waals surface area contributed by atoms with Crippen LogP contribution in [0.25, 0.3) is 11.0 Å². The van der Waals surface area contributed by atoms with Crippen molar-refractivity contribution in [1.29, 1.82) is 0 Å². The molecule has 0 bridgehead atoms. The minimum atomic E-state index is -0.398. The van der Waals surface area contributed by atoms with Gasteiger partial charge in [0.1, 0.15) is 11.3 Å². The maximum Gasteiger partial charge on any atom is 0.337 e. The van der Waals surface area contributed by atoms with Crippen LogP contribution in [-0.4, -0.2) is 72.9 Å². The molecule has 10 nitrogen and oxygen atoms in total. The van der Waals surface area contributed by atoms with Gasteiger partial charge >= 0.3 is 5.97 Å². The van der Waals surface area contributed by atoms with Gasteiger partial charge in [-0.2, -0.15) is 4.98 Å². The number of benzene rings is 2. The fraction of sp³-hybridized carbons (Fsp3) is 0.296. The molecule has 0 atom stereocenters. The first-order valence-corrected chi connectivity index (χ1v) is 12.1. The average Bonchev–Trinajstić information content (AvgIpc) is 3.29. The lowest BCUT2D eigenvalue weighted by Crippen LogP contribution is -2.44. The molecular formula is C27H31N7O3. The van der Waals surface area contributed by atoms with E-state index in [1.807, 2.05) is 42.1 Å². The minimum Gasteiger partial charge on any atom is -0.494 e. The molecule has 0 saturated carbocycles. The predicted octanol–water partition coefficient (Wildman–Crippen LogP) is 4.00. The summed E-state index contributed by atoms with van der Waals surface area (Å²) >= 11 is 0. The lowest BCUT2D eigenvalue weighted by atomic mass is 10.2. The zero-order chi connectivity index (χ0) is 25.9. The number of piperazine rings is 1. The standard InChI is InChI=1S/C27H31N7O3/c1-32-12-14-34(15-13-32)20-8-9-21(23(17-20)36-3)29-27-30-22-10-11-33(2)24(22)25(31-27)28-19-7-5-6-18(16-19)26(35)37-4/h5-11,16-17H,12-15H2,1-4H3,(H2,28,29,30,31). The van der Waals surface area contributed by atoms with Gasteiger partial charge in [0.2, 0.25) is 5.95 Å². The SMILES string of the molecule is COC(=O)c1cccc(Nc2nc(Nc3ccc(N4CCN(C)CC4)cc3OC)nc3ccn(C)c23)c1. The van der Waals surface area contributed by atoms with E-state index in [-0.39, 0.29) is 0 Å². The Labute approximate surface area is 215 Å².